The van der Waals surface area contributed by atoms with Crippen molar-refractivity contribution in [2.75, 3.05) is 14.2 Å². The van der Waals surface area contributed by atoms with Crippen LogP contribution in [0.25, 0.3) is 10.9 Å². The highest BCUT2D eigenvalue weighted by Crippen LogP contribution is 2.26. The van der Waals surface area contributed by atoms with E-state index in [9.17, 15) is 9.59 Å². The van der Waals surface area contributed by atoms with Crippen molar-refractivity contribution in [1.82, 2.24) is 9.88 Å². The minimum absolute atomic E-state index is 0.0521. The zero-order valence-corrected chi connectivity index (χ0v) is 18.0. The molecular weight excluding hydrogens is 392 g/mol. The monoisotopic (exact) mass is 420 g/mol. The van der Waals surface area contributed by atoms with Crippen molar-refractivity contribution in [3.8, 4) is 11.5 Å². The van der Waals surface area contributed by atoms with Gasteiger partial charge in [-0.05, 0) is 60.7 Å². The molecule has 6 heteroatoms. The lowest BCUT2D eigenvalue weighted by molar-refractivity contribution is 0.0613. The van der Waals surface area contributed by atoms with Gasteiger partial charge in [0.2, 0.25) is 0 Å². The van der Waals surface area contributed by atoms with Crippen LogP contribution in [0.15, 0.2) is 53.3 Å². The molecule has 0 unspecified atom stereocenters. The number of fused-ring (bicyclic) bond motifs is 1. The predicted octanol–water partition coefficient (Wildman–Crippen LogP) is 4.52. The number of nitrogens with one attached hydrogen (secondary N) is 1. The first kappa shape index (κ1) is 21.0. The van der Waals surface area contributed by atoms with Crippen molar-refractivity contribution in [3.05, 3.63) is 70.0 Å². The fourth-order valence-electron chi connectivity index (χ4n) is 4.31. The molecule has 4 rings (SSSR count). The number of amides is 1. The second kappa shape index (κ2) is 9.25. The molecule has 0 radical (unpaired) electrons. The van der Waals surface area contributed by atoms with Crippen LogP contribution in [0.1, 0.15) is 48.0 Å². The summed E-state index contributed by atoms with van der Waals surface area (Å²) in [7, 11) is 3.20. The van der Waals surface area contributed by atoms with E-state index >= 15 is 0 Å². The Morgan fingerprint density at radius 3 is 2.32 bits per heavy atom. The Morgan fingerprint density at radius 1 is 0.968 bits per heavy atom. The van der Waals surface area contributed by atoms with Gasteiger partial charge in [-0.1, -0.05) is 19.3 Å². The Balaban J connectivity index is 1.67. The van der Waals surface area contributed by atoms with Crippen molar-refractivity contribution >= 4 is 16.8 Å². The van der Waals surface area contributed by atoms with Crippen molar-refractivity contribution in [1.29, 1.82) is 0 Å². The molecule has 2 aromatic carbocycles. The maximum Gasteiger partial charge on any atom is 0.254 e. The standard InChI is InChI=1S/C25H28N2O4/c1-30-21-11-8-17(9-12-21)25(29)27(20-6-4-3-5-7-20)16-19-14-18-10-13-22(31-2)15-23(18)26-24(19)28/h8-15,20H,3-7,16H2,1-2H3,(H,26,28). The topological polar surface area (TPSA) is 71.6 Å². The lowest BCUT2D eigenvalue weighted by Gasteiger charge is -2.34. The summed E-state index contributed by atoms with van der Waals surface area (Å²) in [5, 5.41) is 0.913. The van der Waals surface area contributed by atoms with Gasteiger partial charge < -0.3 is 19.4 Å². The maximum absolute atomic E-state index is 13.5. The average molecular weight is 421 g/mol. The highest BCUT2D eigenvalue weighted by atomic mass is 16.5. The minimum Gasteiger partial charge on any atom is -0.497 e. The summed E-state index contributed by atoms with van der Waals surface area (Å²) in [6.07, 6.45) is 5.32. The molecule has 1 aliphatic rings. The molecular formula is C25H28N2O4. The van der Waals surface area contributed by atoms with Gasteiger partial charge in [-0.15, -0.1) is 0 Å². The van der Waals surface area contributed by atoms with Crippen molar-refractivity contribution in [3.63, 3.8) is 0 Å². The Bertz CT molecular complexity index is 1110. The molecule has 0 aliphatic heterocycles. The van der Waals surface area contributed by atoms with Gasteiger partial charge in [0.15, 0.2) is 0 Å². The number of nitrogens with zero attached hydrogens (tertiary/aromatic N) is 1. The molecule has 0 atom stereocenters. The second-order valence-corrected chi connectivity index (χ2v) is 8.03. The van der Waals surface area contributed by atoms with Gasteiger partial charge in [0.1, 0.15) is 11.5 Å². The highest BCUT2D eigenvalue weighted by Gasteiger charge is 2.27. The molecule has 1 heterocycles. The van der Waals surface area contributed by atoms with Crippen LogP contribution < -0.4 is 15.0 Å². The van der Waals surface area contributed by atoms with Gasteiger partial charge in [0, 0.05) is 23.2 Å². The van der Waals surface area contributed by atoms with E-state index in [0.29, 0.717) is 22.6 Å². The fourth-order valence-corrected chi connectivity index (χ4v) is 4.31. The number of rotatable bonds is 6. The third-order valence-corrected chi connectivity index (χ3v) is 6.08. The van der Waals surface area contributed by atoms with Gasteiger partial charge in [0.25, 0.3) is 11.5 Å². The Kier molecular flexibility index (Phi) is 6.26. The predicted molar refractivity (Wildman–Crippen MR) is 121 cm³/mol. The number of hydrogen-bond donors (Lipinski definition) is 1. The van der Waals surface area contributed by atoms with Gasteiger partial charge in [0.05, 0.1) is 26.3 Å². The largest absolute Gasteiger partial charge is 0.497 e. The summed E-state index contributed by atoms with van der Waals surface area (Å²) in [6.45, 7) is 0.285. The molecule has 0 saturated heterocycles. The summed E-state index contributed by atoms with van der Waals surface area (Å²) < 4.78 is 10.5. The number of pyridine rings is 1. The number of aromatic nitrogens is 1. The quantitative estimate of drug-likeness (QED) is 0.636. The van der Waals surface area contributed by atoms with E-state index in [2.05, 4.69) is 4.98 Å². The van der Waals surface area contributed by atoms with Gasteiger partial charge in [-0.2, -0.15) is 0 Å². The molecule has 1 N–H and O–H groups in total. The Hall–Kier alpha value is -3.28. The summed E-state index contributed by atoms with van der Waals surface area (Å²) in [5.41, 5.74) is 1.74. The number of hydrogen-bond acceptors (Lipinski definition) is 4. The van der Waals surface area contributed by atoms with Crippen LogP contribution in [0.2, 0.25) is 0 Å². The van der Waals surface area contributed by atoms with Crippen molar-refractivity contribution in [2.45, 2.75) is 44.7 Å². The fraction of sp³-hybridized carbons (Fsp3) is 0.360. The van der Waals surface area contributed by atoms with Gasteiger partial charge in [-0.3, -0.25) is 9.59 Å². The molecule has 162 valence electrons. The number of aromatic amines is 1. The van der Waals surface area contributed by atoms with E-state index in [4.69, 9.17) is 9.47 Å². The third kappa shape index (κ3) is 4.58. The Morgan fingerprint density at radius 2 is 1.65 bits per heavy atom. The molecule has 31 heavy (non-hydrogen) atoms. The number of benzene rings is 2. The van der Waals surface area contributed by atoms with E-state index < -0.39 is 0 Å². The van der Waals surface area contributed by atoms with Crippen LogP contribution in [0.4, 0.5) is 0 Å². The molecule has 1 aromatic heterocycles. The van der Waals surface area contributed by atoms with Crippen LogP contribution >= 0.6 is 0 Å². The van der Waals surface area contributed by atoms with Crippen LogP contribution in [0.3, 0.4) is 0 Å². The summed E-state index contributed by atoms with van der Waals surface area (Å²) in [4.78, 5) is 31.1. The first-order valence-electron chi connectivity index (χ1n) is 10.7. The lowest BCUT2D eigenvalue weighted by Crippen LogP contribution is -2.42. The smallest absolute Gasteiger partial charge is 0.254 e. The third-order valence-electron chi connectivity index (χ3n) is 6.08. The minimum atomic E-state index is -0.177. The summed E-state index contributed by atoms with van der Waals surface area (Å²) in [5.74, 6) is 1.35. The van der Waals surface area contributed by atoms with E-state index in [0.717, 1.165) is 36.6 Å². The van der Waals surface area contributed by atoms with Crippen molar-refractivity contribution < 1.29 is 14.3 Å². The number of carbonyl (C=O) groups is 1. The first-order valence-corrected chi connectivity index (χ1v) is 10.7. The second-order valence-electron chi connectivity index (χ2n) is 8.03. The summed E-state index contributed by atoms with van der Waals surface area (Å²) >= 11 is 0. The number of carbonyl (C=O) groups excluding carboxylic acids is 1. The van der Waals surface area contributed by atoms with E-state index in [1.807, 2.05) is 29.2 Å². The molecule has 1 aliphatic carbocycles. The van der Waals surface area contributed by atoms with Crippen LogP contribution in [0, 0.1) is 0 Å². The zero-order chi connectivity index (χ0) is 21.8. The molecule has 0 bridgehead atoms. The first-order chi connectivity index (χ1) is 15.1. The molecule has 1 fully saturated rings. The van der Waals surface area contributed by atoms with Crippen LogP contribution in [-0.4, -0.2) is 36.1 Å². The van der Waals surface area contributed by atoms with E-state index in [1.165, 1.54) is 6.42 Å². The molecule has 3 aromatic rings. The van der Waals surface area contributed by atoms with Crippen molar-refractivity contribution in [2.24, 2.45) is 0 Å². The van der Waals surface area contributed by atoms with Gasteiger partial charge in [-0.25, -0.2) is 0 Å². The SMILES string of the molecule is COc1ccc(C(=O)N(Cc2cc3ccc(OC)cc3[nH]c2=O)C2CCCCC2)cc1. The Labute approximate surface area is 181 Å². The molecule has 1 saturated carbocycles. The van der Waals surface area contributed by atoms with E-state index in [-0.39, 0.29) is 24.1 Å². The van der Waals surface area contributed by atoms with Crippen LogP contribution in [-0.2, 0) is 6.54 Å². The number of ether oxygens (including phenoxy) is 2. The van der Waals surface area contributed by atoms with E-state index in [1.54, 1.807) is 38.5 Å². The number of methoxy groups -OCH3 is 2. The summed E-state index contributed by atoms with van der Waals surface area (Å²) in [6, 6.07) is 14.8. The normalized spacial score (nSPS) is 14.4. The van der Waals surface area contributed by atoms with Crippen LogP contribution in [0.5, 0.6) is 11.5 Å². The lowest BCUT2D eigenvalue weighted by atomic mass is 9.93. The average Bonchev–Trinajstić information content (AvgIpc) is 2.82. The van der Waals surface area contributed by atoms with Gasteiger partial charge >= 0.3 is 0 Å². The maximum atomic E-state index is 13.5. The highest BCUT2D eigenvalue weighted by molar-refractivity contribution is 5.94. The molecule has 1 amide bonds. The molecule has 0 spiro atoms. The molecule has 6 nitrogen and oxygen atoms in total. The zero-order valence-electron chi connectivity index (χ0n) is 18.0. The number of H-pyrrole nitrogens is 1.